The number of hydrogen-bond acceptors (Lipinski definition) is 3. The van der Waals surface area contributed by atoms with Crippen molar-refractivity contribution in [3.05, 3.63) is 29.6 Å². The Balaban J connectivity index is 2.44. The van der Waals surface area contributed by atoms with Crippen LogP contribution in [0.15, 0.2) is 18.2 Å². The van der Waals surface area contributed by atoms with Crippen LogP contribution in [0.4, 0.5) is 0 Å². The van der Waals surface area contributed by atoms with Gasteiger partial charge in [-0.2, -0.15) is 11.8 Å². The van der Waals surface area contributed by atoms with Gasteiger partial charge in [-0.3, -0.25) is 0 Å². The van der Waals surface area contributed by atoms with Gasteiger partial charge >= 0.3 is 0 Å². The van der Waals surface area contributed by atoms with Gasteiger partial charge in [0.25, 0.3) is 0 Å². The van der Waals surface area contributed by atoms with Crippen molar-refractivity contribution in [3.8, 4) is 0 Å². The first kappa shape index (κ1) is 15.4. The molecule has 3 nitrogen and oxygen atoms in total. The highest BCUT2D eigenvalue weighted by molar-refractivity contribution is 7.98. The summed E-state index contributed by atoms with van der Waals surface area (Å²) in [5.74, 6) is 2.63. The molecule has 1 heterocycles. The summed E-state index contributed by atoms with van der Waals surface area (Å²) in [4.78, 5) is 4.81. The predicted octanol–water partition coefficient (Wildman–Crippen LogP) is 3.93. The maximum absolute atomic E-state index is 6.32. The molecule has 2 N–H and O–H groups in total. The van der Waals surface area contributed by atoms with Gasteiger partial charge in [-0.25, -0.2) is 4.98 Å². The van der Waals surface area contributed by atoms with E-state index in [4.69, 9.17) is 10.7 Å². The Hall–Kier alpha value is -1.00. The zero-order valence-electron chi connectivity index (χ0n) is 12.9. The highest BCUT2D eigenvalue weighted by Crippen LogP contribution is 2.25. The summed E-state index contributed by atoms with van der Waals surface area (Å²) in [6.45, 7) is 7.49. The molecule has 110 valence electrons. The summed E-state index contributed by atoms with van der Waals surface area (Å²) in [6.07, 6.45) is 3.09. The summed E-state index contributed by atoms with van der Waals surface area (Å²) < 4.78 is 2.25. The van der Waals surface area contributed by atoms with Gasteiger partial charge in [-0.05, 0) is 49.0 Å². The molecule has 1 aromatic carbocycles. The molecule has 2 rings (SSSR count). The third-order valence-electron chi connectivity index (χ3n) is 3.75. The lowest BCUT2D eigenvalue weighted by atomic mass is 10.0. The molecule has 0 saturated carbocycles. The molecule has 0 radical (unpaired) electrons. The number of aryl methyl sites for hydroxylation is 1. The normalized spacial score (nSPS) is 13.3. The molecule has 1 aromatic heterocycles. The highest BCUT2D eigenvalue weighted by atomic mass is 32.2. The van der Waals surface area contributed by atoms with Gasteiger partial charge in [-0.15, -0.1) is 0 Å². The van der Waals surface area contributed by atoms with E-state index >= 15 is 0 Å². The number of nitrogens with two attached hydrogens (primary N) is 1. The first-order valence-electron chi connectivity index (χ1n) is 7.33. The predicted molar refractivity (Wildman–Crippen MR) is 89.4 cm³/mol. The van der Waals surface area contributed by atoms with Crippen LogP contribution < -0.4 is 5.73 Å². The van der Waals surface area contributed by atoms with E-state index in [1.165, 1.54) is 11.1 Å². The lowest BCUT2D eigenvalue weighted by Crippen LogP contribution is -2.17. The molecule has 0 aliphatic carbocycles. The van der Waals surface area contributed by atoms with Crippen molar-refractivity contribution in [1.29, 1.82) is 0 Å². The average molecular weight is 291 g/mol. The zero-order chi connectivity index (χ0) is 14.7. The molecule has 0 aliphatic heterocycles. The SMILES string of the molecule is CCn1c(C(N)CCSC)nc2cc(C(C)C)ccc21. The van der Waals surface area contributed by atoms with Gasteiger partial charge in [0.2, 0.25) is 0 Å². The molecule has 1 atom stereocenters. The van der Waals surface area contributed by atoms with Crippen LogP contribution in [-0.4, -0.2) is 21.6 Å². The number of rotatable bonds is 6. The Labute approximate surface area is 125 Å². The topological polar surface area (TPSA) is 43.8 Å². The standard InChI is InChI=1S/C16H25N3S/c1-5-19-15-7-6-12(11(2)3)10-14(15)18-16(19)13(17)8-9-20-4/h6-7,10-11,13H,5,8-9,17H2,1-4H3. The second-order valence-electron chi connectivity index (χ2n) is 5.51. The van der Waals surface area contributed by atoms with Crippen molar-refractivity contribution < 1.29 is 0 Å². The van der Waals surface area contributed by atoms with E-state index in [9.17, 15) is 0 Å². The van der Waals surface area contributed by atoms with Crippen LogP contribution in [0.1, 0.15) is 50.5 Å². The summed E-state index contributed by atoms with van der Waals surface area (Å²) in [6, 6.07) is 6.62. The summed E-state index contributed by atoms with van der Waals surface area (Å²) >= 11 is 1.83. The van der Waals surface area contributed by atoms with Crippen LogP contribution in [0.25, 0.3) is 11.0 Å². The van der Waals surface area contributed by atoms with Crippen LogP contribution in [0, 0.1) is 0 Å². The Morgan fingerprint density at radius 3 is 2.70 bits per heavy atom. The zero-order valence-corrected chi connectivity index (χ0v) is 13.7. The van der Waals surface area contributed by atoms with E-state index in [0.717, 1.165) is 30.1 Å². The van der Waals surface area contributed by atoms with Crippen LogP contribution in [0.3, 0.4) is 0 Å². The van der Waals surface area contributed by atoms with E-state index in [1.807, 2.05) is 11.8 Å². The van der Waals surface area contributed by atoms with Crippen LogP contribution in [0.5, 0.6) is 0 Å². The van der Waals surface area contributed by atoms with Crippen molar-refractivity contribution >= 4 is 22.8 Å². The second-order valence-corrected chi connectivity index (χ2v) is 6.49. The minimum atomic E-state index is 0.0253. The molecule has 1 unspecified atom stereocenters. The number of benzene rings is 1. The third-order valence-corrected chi connectivity index (χ3v) is 4.39. The monoisotopic (exact) mass is 291 g/mol. The lowest BCUT2D eigenvalue weighted by molar-refractivity contribution is 0.601. The number of hydrogen-bond donors (Lipinski definition) is 1. The number of aromatic nitrogens is 2. The van der Waals surface area contributed by atoms with E-state index in [1.54, 1.807) is 0 Å². The van der Waals surface area contributed by atoms with Gasteiger partial charge in [0, 0.05) is 6.54 Å². The Kier molecular flexibility index (Phi) is 5.11. The fourth-order valence-electron chi connectivity index (χ4n) is 2.51. The summed E-state index contributed by atoms with van der Waals surface area (Å²) in [7, 11) is 0. The highest BCUT2D eigenvalue weighted by Gasteiger charge is 2.16. The van der Waals surface area contributed by atoms with E-state index < -0.39 is 0 Å². The molecule has 0 spiro atoms. The first-order chi connectivity index (χ1) is 9.58. The summed E-state index contributed by atoms with van der Waals surface area (Å²) in [5, 5.41) is 0. The minimum Gasteiger partial charge on any atom is -0.327 e. The molecule has 0 bridgehead atoms. The van der Waals surface area contributed by atoms with Gasteiger partial charge in [0.05, 0.1) is 17.1 Å². The van der Waals surface area contributed by atoms with Crippen molar-refractivity contribution in [3.63, 3.8) is 0 Å². The van der Waals surface area contributed by atoms with Crippen molar-refractivity contribution in [2.45, 2.75) is 45.7 Å². The number of thioether (sulfide) groups is 1. The van der Waals surface area contributed by atoms with Crippen LogP contribution >= 0.6 is 11.8 Å². The fraction of sp³-hybridized carbons (Fsp3) is 0.562. The third kappa shape index (κ3) is 3.01. The molecular formula is C16H25N3S. The Bertz CT molecular complexity index is 574. The average Bonchev–Trinajstić information content (AvgIpc) is 2.82. The molecule has 0 aliphatic rings. The molecule has 0 amide bonds. The first-order valence-corrected chi connectivity index (χ1v) is 8.72. The van der Waals surface area contributed by atoms with E-state index in [-0.39, 0.29) is 6.04 Å². The molecule has 2 aromatic rings. The fourth-order valence-corrected chi connectivity index (χ4v) is 3.00. The van der Waals surface area contributed by atoms with Gasteiger partial charge < -0.3 is 10.3 Å². The van der Waals surface area contributed by atoms with Gasteiger partial charge in [0.15, 0.2) is 0 Å². The van der Waals surface area contributed by atoms with Gasteiger partial charge in [0.1, 0.15) is 5.82 Å². The number of nitrogens with zero attached hydrogens (tertiary/aromatic N) is 2. The molecule has 4 heteroatoms. The molecule has 0 fully saturated rings. The van der Waals surface area contributed by atoms with Crippen molar-refractivity contribution in [2.75, 3.05) is 12.0 Å². The Morgan fingerprint density at radius 2 is 2.10 bits per heavy atom. The second kappa shape index (κ2) is 6.64. The molecular weight excluding hydrogens is 266 g/mol. The van der Waals surface area contributed by atoms with E-state index in [2.05, 4.69) is 49.8 Å². The maximum atomic E-state index is 6.32. The van der Waals surface area contributed by atoms with E-state index in [0.29, 0.717) is 5.92 Å². The number of fused-ring (bicyclic) bond motifs is 1. The minimum absolute atomic E-state index is 0.0253. The largest absolute Gasteiger partial charge is 0.327 e. The number of imidazole rings is 1. The Morgan fingerprint density at radius 1 is 1.35 bits per heavy atom. The maximum Gasteiger partial charge on any atom is 0.126 e. The summed E-state index contributed by atoms with van der Waals surface area (Å²) in [5.41, 5.74) is 9.94. The quantitative estimate of drug-likeness (QED) is 0.877. The smallest absolute Gasteiger partial charge is 0.126 e. The molecule has 0 saturated heterocycles. The van der Waals surface area contributed by atoms with Crippen molar-refractivity contribution in [2.24, 2.45) is 5.73 Å². The lowest BCUT2D eigenvalue weighted by Gasteiger charge is -2.12. The molecule has 20 heavy (non-hydrogen) atoms. The van der Waals surface area contributed by atoms with Crippen LogP contribution in [-0.2, 0) is 6.54 Å². The van der Waals surface area contributed by atoms with Crippen molar-refractivity contribution in [1.82, 2.24) is 9.55 Å². The van der Waals surface area contributed by atoms with Gasteiger partial charge in [-0.1, -0.05) is 19.9 Å². The van der Waals surface area contributed by atoms with Crippen LogP contribution in [0.2, 0.25) is 0 Å².